The van der Waals surface area contributed by atoms with Crippen LogP contribution in [0.5, 0.6) is 0 Å². The standard InChI is InChI=1S/C26H20F4N4O2.C4H10/c1-31-24(35)20-5-3-4-19-21(14-33(2)23(19)20)25(36,26(28,29)30)16-6-11-22-15(12-16)13-32-34(22)18-9-7-17(27)8-10-18;1-3-4-2/h3-14,36H,1-2H3,(H,31,35);3-4H2,1-2H3. The van der Waals surface area contributed by atoms with Crippen molar-refractivity contribution in [2.75, 3.05) is 7.05 Å². The number of fused-ring (bicyclic) bond motifs is 2. The Labute approximate surface area is 228 Å². The monoisotopic (exact) mass is 554 g/mol. The van der Waals surface area contributed by atoms with Crippen LogP contribution in [0.3, 0.4) is 0 Å². The highest BCUT2D eigenvalue weighted by molar-refractivity contribution is 6.07. The number of nitrogens with one attached hydrogen (secondary N) is 1. The lowest BCUT2D eigenvalue weighted by atomic mass is 9.84. The highest BCUT2D eigenvalue weighted by Crippen LogP contribution is 2.47. The lowest BCUT2D eigenvalue weighted by molar-refractivity contribution is -0.247. The fraction of sp³-hybridized carbons (Fsp3) is 0.267. The maximum atomic E-state index is 14.7. The first-order chi connectivity index (χ1) is 19.0. The van der Waals surface area contributed by atoms with Gasteiger partial charge in [0, 0.05) is 36.6 Å². The first kappa shape index (κ1) is 28.8. The normalized spacial score (nSPS) is 13.1. The number of alkyl halides is 3. The van der Waals surface area contributed by atoms with Crippen LogP contribution in [0.2, 0.25) is 0 Å². The lowest BCUT2D eigenvalue weighted by Crippen LogP contribution is -2.43. The number of amides is 1. The van der Waals surface area contributed by atoms with Gasteiger partial charge in [-0.3, -0.25) is 4.79 Å². The second-order valence-electron chi connectivity index (χ2n) is 9.45. The van der Waals surface area contributed by atoms with Crippen molar-refractivity contribution in [3.63, 3.8) is 0 Å². The summed E-state index contributed by atoms with van der Waals surface area (Å²) in [4.78, 5) is 12.4. The molecule has 2 N–H and O–H groups in total. The van der Waals surface area contributed by atoms with Gasteiger partial charge in [0.15, 0.2) is 0 Å². The van der Waals surface area contributed by atoms with Crippen LogP contribution in [0.4, 0.5) is 17.6 Å². The van der Waals surface area contributed by atoms with Crippen molar-refractivity contribution in [3.8, 4) is 5.69 Å². The second-order valence-corrected chi connectivity index (χ2v) is 9.45. The molecule has 1 amide bonds. The minimum absolute atomic E-state index is 0.0977. The summed E-state index contributed by atoms with van der Waals surface area (Å²) in [5, 5.41) is 18.6. The van der Waals surface area contributed by atoms with Crippen molar-refractivity contribution >= 4 is 27.7 Å². The van der Waals surface area contributed by atoms with E-state index in [9.17, 15) is 27.5 Å². The maximum Gasteiger partial charge on any atom is 0.425 e. The van der Waals surface area contributed by atoms with Gasteiger partial charge in [0.1, 0.15) is 5.82 Å². The van der Waals surface area contributed by atoms with Gasteiger partial charge in [0.05, 0.1) is 28.5 Å². The molecular formula is C30H30F4N4O2. The number of nitrogens with zero attached hydrogens (tertiary/aromatic N) is 3. The number of aryl methyl sites for hydroxylation is 1. The van der Waals surface area contributed by atoms with Gasteiger partial charge in [0.25, 0.3) is 5.91 Å². The van der Waals surface area contributed by atoms with Crippen molar-refractivity contribution in [2.45, 2.75) is 38.5 Å². The van der Waals surface area contributed by atoms with E-state index < -0.39 is 34.6 Å². The molecule has 6 nitrogen and oxygen atoms in total. The Hall–Kier alpha value is -4.18. The third-order valence-corrected chi connectivity index (χ3v) is 6.83. The Morgan fingerprint density at radius 3 is 2.30 bits per heavy atom. The van der Waals surface area contributed by atoms with E-state index >= 15 is 0 Å². The molecular weight excluding hydrogens is 524 g/mol. The zero-order chi connectivity index (χ0) is 29.2. The van der Waals surface area contributed by atoms with Crippen LogP contribution in [0, 0.1) is 5.82 Å². The predicted octanol–water partition coefficient (Wildman–Crippen LogP) is 6.62. The highest BCUT2D eigenvalue weighted by atomic mass is 19.4. The van der Waals surface area contributed by atoms with Gasteiger partial charge in [-0.25, -0.2) is 9.07 Å². The number of unbranched alkanes of at least 4 members (excludes halogenated alkanes) is 1. The number of hydrogen-bond donors (Lipinski definition) is 2. The summed E-state index contributed by atoms with van der Waals surface area (Å²) < 4.78 is 60.1. The molecule has 1 unspecified atom stereocenters. The van der Waals surface area contributed by atoms with Gasteiger partial charge < -0.3 is 15.0 Å². The van der Waals surface area contributed by atoms with Gasteiger partial charge in [-0.1, -0.05) is 44.9 Å². The van der Waals surface area contributed by atoms with Crippen LogP contribution in [-0.4, -0.2) is 38.6 Å². The van der Waals surface area contributed by atoms with Crippen LogP contribution >= 0.6 is 0 Å². The lowest BCUT2D eigenvalue weighted by Gasteiger charge is -2.31. The van der Waals surface area contributed by atoms with Crippen molar-refractivity contribution in [1.29, 1.82) is 0 Å². The summed E-state index contributed by atoms with van der Waals surface area (Å²) in [6, 6.07) is 13.8. The summed E-state index contributed by atoms with van der Waals surface area (Å²) in [5.41, 5.74) is -2.72. The molecule has 2 heterocycles. The average Bonchev–Trinajstić information content (AvgIpc) is 3.53. The maximum absolute atomic E-state index is 14.7. The molecule has 210 valence electrons. The molecule has 10 heteroatoms. The van der Waals surface area contributed by atoms with Crippen LogP contribution in [0.25, 0.3) is 27.5 Å². The van der Waals surface area contributed by atoms with Gasteiger partial charge in [-0.05, 0) is 48.0 Å². The highest BCUT2D eigenvalue weighted by Gasteiger charge is 2.57. The van der Waals surface area contributed by atoms with E-state index in [1.165, 1.54) is 109 Å². The Kier molecular flexibility index (Phi) is 8.02. The number of aromatic nitrogens is 3. The van der Waals surface area contributed by atoms with Crippen molar-refractivity contribution in [3.05, 3.63) is 95.6 Å². The van der Waals surface area contributed by atoms with Crippen LogP contribution in [0.1, 0.15) is 48.2 Å². The first-order valence-electron chi connectivity index (χ1n) is 12.8. The molecule has 0 radical (unpaired) electrons. The van der Waals surface area contributed by atoms with Gasteiger partial charge in [0.2, 0.25) is 5.60 Å². The minimum Gasteiger partial charge on any atom is -0.372 e. The zero-order valence-electron chi connectivity index (χ0n) is 22.6. The van der Waals surface area contributed by atoms with E-state index in [0.717, 1.165) is 0 Å². The molecule has 5 aromatic rings. The summed E-state index contributed by atoms with van der Waals surface area (Å²) in [6.07, 6.45) is 0.118. The molecule has 40 heavy (non-hydrogen) atoms. The Morgan fingerprint density at radius 1 is 1.02 bits per heavy atom. The molecule has 0 aliphatic rings. The summed E-state index contributed by atoms with van der Waals surface area (Å²) >= 11 is 0. The number of carbonyl (C=O) groups excluding carboxylic acids is 1. The summed E-state index contributed by atoms with van der Waals surface area (Å²) in [6.45, 7) is 4.36. The smallest absolute Gasteiger partial charge is 0.372 e. The number of para-hydroxylation sites is 1. The number of carbonyl (C=O) groups is 1. The van der Waals surface area contributed by atoms with Gasteiger partial charge in [-0.2, -0.15) is 18.3 Å². The Balaban J connectivity index is 0.000000867. The third-order valence-electron chi connectivity index (χ3n) is 6.83. The SMILES string of the molecule is CCCC.CNC(=O)c1cccc2c(C(O)(c3ccc4c(cnn4-c4ccc(F)cc4)c3)C(F)(F)F)cn(C)c12. The zero-order valence-corrected chi connectivity index (χ0v) is 22.6. The van der Waals surface area contributed by atoms with Crippen molar-refractivity contribution in [1.82, 2.24) is 19.7 Å². The average molecular weight is 555 g/mol. The topological polar surface area (TPSA) is 72.1 Å². The van der Waals surface area contributed by atoms with E-state index in [1.54, 1.807) is 0 Å². The fourth-order valence-corrected chi connectivity index (χ4v) is 4.59. The summed E-state index contributed by atoms with van der Waals surface area (Å²) in [7, 11) is 2.95. The molecule has 0 fully saturated rings. The molecule has 5 rings (SSSR count). The van der Waals surface area contributed by atoms with E-state index in [4.69, 9.17) is 0 Å². The number of hydrogen-bond acceptors (Lipinski definition) is 3. The third kappa shape index (κ3) is 4.95. The van der Waals surface area contributed by atoms with Crippen molar-refractivity contribution < 1.29 is 27.5 Å². The number of benzene rings is 3. The molecule has 0 aliphatic heterocycles. The van der Waals surface area contributed by atoms with Crippen LogP contribution in [0.15, 0.2) is 73.1 Å². The number of halogens is 4. The number of rotatable bonds is 5. The molecule has 2 aromatic heterocycles. The van der Waals surface area contributed by atoms with Gasteiger partial charge >= 0.3 is 6.18 Å². The van der Waals surface area contributed by atoms with Gasteiger partial charge in [-0.15, -0.1) is 0 Å². The molecule has 0 bridgehead atoms. The quantitative estimate of drug-likeness (QED) is 0.240. The second kappa shape index (κ2) is 11.1. The van der Waals surface area contributed by atoms with E-state index in [1.807, 2.05) is 0 Å². The number of aliphatic hydroxyl groups is 1. The molecule has 0 spiro atoms. The van der Waals surface area contributed by atoms with E-state index in [0.29, 0.717) is 16.6 Å². The van der Waals surface area contributed by atoms with E-state index in [2.05, 4.69) is 24.3 Å². The van der Waals surface area contributed by atoms with Crippen molar-refractivity contribution in [2.24, 2.45) is 7.05 Å². The molecule has 0 saturated heterocycles. The molecule has 0 saturated carbocycles. The molecule has 0 aliphatic carbocycles. The predicted molar refractivity (Wildman–Crippen MR) is 147 cm³/mol. The fourth-order valence-electron chi connectivity index (χ4n) is 4.59. The van der Waals surface area contributed by atoms with Crippen LogP contribution in [-0.2, 0) is 12.6 Å². The largest absolute Gasteiger partial charge is 0.425 e. The van der Waals surface area contributed by atoms with Crippen LogP contribution < -0.4 is 5.32 Å². The molecule has 3 aromatic carbocycles. The Bertz CT molecular complexity index is 1650. The summed E-state index contributed by atoms with van der Waals surface area (Å²) in [5.74, 6) is -0.888. The minimum atomic E-state index is -5.09. The first-order valence-corrected chi connectivity index (χ1v) is 12.8. The molecule has 1 atom stereocenters. The Morgan fingerprint density at radius 2 is 1.70 bits per heavy atom. The van der Waals surface area contributed by atoms with E-state index in [-0.39, 0.29) is 16.5 Å².